The number of nitrogens with zero attached hydrogens (tertiary/aromatic N) is 1. The molecular weight excluding hydrogens is 1480 g/mol. The van der Waals surface area contributed by atoms with E-state index in [0.29, 0.717) is 97.2 Å². The smallest absolute Gasteiger partial charge is 0.479 e. The topological polar surface area (TPSA) is 466 Å². The van der Waals surface area contributed by atoms with E-state index < -0.39 is 157 Å². The van der Waals surface area contributed by atoms with Gasteiger partial charge in [0.15, 0.2) is 36.3 Å². The number of carbonyl (C=O) groups is 13. The van der Waals surface area contributed by atoms with E-state index in [1.54, 1.807) is 48.5 Å². The maximum absolute atomic E-state index is 13.7. The van der Waals surface area contributed by atoms with Crippen LogP contribution in [0.5, 0.6) is 0 Å². The van der Waals surface area contributed by atoms with Crippen LogP contribution in [0.25, 0.3) is 0 Å². The largest absolute Gasteiger partial charge is 0.508 e. The van der Waals surface area contributed by atoms with Crippen molar-refractivity contribution < 1.29 is 138 Å². The van der Waals surface area contributed by atoms with Crippen LogP contribution in [0.1, 0.15) is 171 Å². The first kappa shape index (κ1) is 94.6. The molecule has 7 N–H and O–H groups in total. The molecule has 2 fully saturated rings. The van der Waals surface area contributed by atoms with Gasteiger partial charge in [0.25, 0.3) is 0 Å². The average Bonchev–Trinajstić information content (AvgIpc) is 1.21. The van der Waals surface area contributed by atoms with Crippen LogP contribution >= 0.6 is 0 Å². The summed E-state index contributed by atoms with van der Waals surface area (Å²) in [6.07, 6.45) is 0.807. The zero-order chi connectivity index (χ0) is 82.8. The fourth-order valence-electron chi connectivity index (χ4n) is 11.5. The molecule has 37 nitrogen and oxygen atoms in total. The highest BCUT2D eigenvalue weighted by Gasteiger charge is 2.51. The van der Waals surface area contributed by atoms with Gasteiger partial charge in [-0.15, -0.1) is 6.42 Å². The fraction of sp³-hybridized carbons (Fsp3) is 0.707. The number of aliphatic imine (C=N–C) groups is 1. The second-order valence-electron chi connectivity index (χ2n) is 28.5. The molecular formula is C75H114N8O29. The van der Waals surface area contributed by atoms with Crippen LogP contribution in [0.4, 0.5) is 24.0 Å². The van der Waals surface area contributed by atoms with Gasteiger partial charge in [-0.2, -0.15) is 0 Å². The van der Waals surface area contributed by atoms with E-state index in [0.717, 1.165) is 14.2 Å². The molecule has 4 aliphatic heterocycles. The van der Waals surface area contributed by atoms with Crippen LogP contribution < -0.4 is 37.2 Å². The minimum atomic E-state index is -1.53. The van der Waals surface area contributed by atoms with Crippen molar-refractivity contribution in [2.75, 3.05) is 93.4 Å². The molecule has 4 aliphatic rings. The summed E-state index contributed by atoms with van der Waals surface area (Å²) < 4.78 is 86.6. The molecule has 0 aromatic carbocycles. The number of ether oxygens (including phenoxy) is 16. The van der Waals surface area contributed by atoms with Gasteiger partial charge in [0.1, 0.15) is 54.6 Å². The third-order valence-electron chi connectivity index (χ3n) is 16.8. The van der Waals surface area contributed by atoms with Gasteiger partial charge in [0.2, 0.25) is 29.2 Å². The molecule has 0 radical (unpaired) electrons. The van der Waals surface area contributed by atoms with Gasteiger partial charge < -0.3 is 102 Å². The number of amides is 6. The molecule has 0 unspecified atom stereocenters. The van der Waals surface area contributed by atoms with Crippen molar-refractivity contribution in [3.05, 3.63) is 36.1 Å². The first-order chi connectivity index (χ1) is 53.2. The van der Waals surface area contributed by atoms with Crippen molar-refractivity contribution in [3.63, 3.8) is 0 Å². The number of amidine groups is 1. The van der Waals surface area contributed by atoms with Gasteiger partial charge in [0.05, 0.1) is 84.6 Å². The van der Waals surface area contributed by atoms with Crippen LogP contribution in [-0.4, -0.2) is 249 Å². The van der Waals surface area contributed by atoms with E-state index in [9.17, 15) is 62.3 Å². The molecule has 37 heteroatoms. The van der Waals surface area contributed by atoms with Gasteiger partial charge in [-0.25, -0.2) is 33.6 Å². The van der Waals surface area contributed by atoms with Crippen molar-refractivity contribution in [2.45, 2.75) is 243 Å². The molecule has 0 aromatic heterocycles. The summed E-state index contributed by atoms with van der Waals surface area (Å²) in [5, 5.41) is 18.8. The molecule has 0 bridgehead atoms. The van der Waals surface area contributed by atoms with Crippen molar-refractivity contribution in [1.29, 1.82) is 0 Å². The Kier molecular flexibility index (Phi) is 42.4. The van der Waals surface area contributed by atoms with Gasteiger partial charge in [-0.3, -0.25) is 44.4 Å². The first-order valence-electron chi connectivity index (χ1n) is 37.6. The number of hydrogen-bond acceptors (Lipinski definition) is 31. The lowest BCUT2D eigenvalue weighted by Gasteiger charge is -2.41. The van der Waals surface area contributed by atoms with Crippen molar-refractivity contribution >= 4 is 83.6 Å². The first-order valence-corrected chi connectivity index (χ1v) is 37.6. The number of carbonyl (C=O) groups excluding carboxylic acids is 13. The molecule has 628 valence electrons. The minimum Gasteiger partial charge on any atom is -0.479 e. The SMILES string of the molecule is C#CCOCCOCCOCCOCCC(=O)N[C@H](CCC(=O)CCCCCCCNC(=O)O[C@@H]([C@@H]1OC(C(=O)OC)=C[C@H](NC(=C)NC(=O)OC(C)(C)C)[C@H]1NC(C)=O)[C@H]1COC(=O)O1)C(=O)CCC(=O)NCCCCCCCC(=O)O[C@@H]([C@@H]1OC(C(=O)OC)=C[C@H](N=C(C)NC(=O)OC(C)(C)C)[C@H]1C)[C@H]1COC(=O)O1. The molecule has 0 saturated carbocycles. The molecule has 4 heterocycles. The molecule has 0 aliphatic carbocycles. The highest BCUT2D eigenvalue weighted by atomic mass is 16.8. The van der Waals surface area contributed by atoms with E-state index in [2.05, 4.69) is 54.7 Å². The highest BCUT2D eigenvalue weighted by Crippen LogP contribution is 2.34. The quantitative estimate of drug-likeness (QED) is 0.00993. The van der Waals surface area contributed by atoms with Crippen molar-refractivity contribution in [3.8, 4) is 12.3 Å². The highest BCUT2D eigenvalue weighted by molar-refractivity contribution is 5.95. The van der Waals surface area contributed by atoms with Crippen LogP contribution in [0.3, 0.4) is 0 Å². The maximum Gasteiger partial charge on any atom is 0.508 e. The molecule has 6 amide bonds. The standard InChI is InChI=1S/C75H114N8O29/c1-14-34-99-36-38-101-40-41-102-39-37-100-35-31-60(88)83-51(54(86)29-30-59(87)76-32-23-19-16-18-22-26-61(89)109-64(57-44-103-72(95)107-57)63-46(2)52(42-55(105-63)67(90)97-12)78-47(3)80-70(93)111-74(6,7)8)28-27-50(85)25-21-17-15-20-24-33-77-69(92)110-65(58-45-104-73(96)108-58)66-62(82-49(5)84)53(43-56(106-66)68(91)98-13)79-48(4)81-71(94)112-75(9,10)11/h1,42-43,46,51-53,57-58,62-66,79H,4,15-41,44-45H2,2-3,5-13H3,(H,76,87)(H,77,92)(H,81,94)(H,82,84)(H,83,88)(H,78,80,93)/t46-,51-,52+,53+,57-,58-,62-,63-,64-,65-,66-/m1/s1. The Morgan fingerprint density at radius 2 is 1.10 bits per heavy atom. The lowest BCUT2D eigenvalue weighted by molar-refractivity contribution is -0.171. The van der Waals surface area contributed by atoms with Crippen LogP contribution in [0.2, 0.25) is 0 Å². The predicted octanol–water partition coefficient (Wildman–Crippen LogP) is 5.45. The van der Waals surface area contributed by atoms with Gasteiger partial charge in [-0.1, -0.05) is 57.9 Å². The summed E-state index contributed by atoms with van der Waals surface area (Å²) in [6.45, 7) is 20.0. The predicted molar refractivity (Wildman–Crippen MR) is 395 cm³/mol. The van der Waals surface area contributed by atoms with Crippen LogP contribution in [0, 0.1) is 18.3 Å². The number of terminal acetylenes is 1. The van der Waals surface area contributed by atoms with E-state index >= 15 is 0 Å². The average molecular weight is 1590 g/mol. The van der Waals surface area contributed by atoms with Gasteiger partial charge in [0, 0.05) is 64.5 Å². The Hall–Kier alpha value is -9.80. The van der Waals surface area contributed by atoms with Gasteiger partial charge in [-0.05, 0) is 92.7 Å². The summed E-state index contributed by atoms with van der Waals surface area (Å²) in [6, 6.07) is -4.20. The van der Waals surface area contributed by atoms with Crippen molar-refractivity contribution in [1.82, 2.24) is 37.2 Å². The lowest BCUT2D eigenvalue weighted by atomic mass is 9.87. The van der Waals surface area contributed by atoms with Crippen LogP contribution in [0.15, 0.2) is 41.1 Å². The number of methoxy groups -OCH3 is 2. The third kappa shape index (κ3) is 37.9. The lowest BCUT2D eigenvalue weighted by Crippen LogP contribution is -2.64. The minimum absolute atomic E-state index is 0.0123. The number of unbranched alkanes of at least 4 members (excludes halogenated alkanes) is 8. The summed E-state index contributed by atoms with van der Waals surface area (Å²) in [5.74, 6) is -3.37. The van der Waals surface area contributed by atoms with Crippen LogP contribution in [-0.2, 0) is 114 Å². The number of Topliss-reactive ketones (excluding diaryl/α,β-unsaturated/α-hetero) is 2. The monoisotopic (exact) mass is 1590 g/mol. The second kappa shape index (κ2) is 50.2. The number of esters is 3. The Morgan fingerprint density at radius 3 is 1.65 bits per heavy atom. The molecule has 11 atom stereocenters. The Balaban J connectivity index is 1.24. The summed E-state index contributed by atoms with van der Waals surface area (Å²) in [4.78, 5) is 173. The maximum atomic E-state index is 13.7. The van der Waals surface area contributed by atoms with E-state index in [1.165, 1.54) is 26.0 Å². The second-order valence-corrected chi connectivity index (χ2v) is 28.5. The Labute approximate surface area is 652 Å². The van der Waals surface area contributed by atoms with E-state index in [-0.39, 0.29) is 113 Å². The third-order valence-corrected chi connectivity index (χ3v) is 16.8. The summed E-state index contributed by atoms with van der Waals surface area (Å²) >= 11 is 0. The number of cyclic esters (lactones) is 4. The zero-order valence-electron chi connectivity index (χ0n) is 66.1. The Morgan fingerprint density at radius 1 is 0.580 bits per heavy atom. The van der Waals surface area contributed by atoms with E-state index in [4.69, 9.17) is 82.2 Å². The molecule has 2 saturated heterocycles. The summed E-state index contributed by atoms with van der Waals surface area (Å²) in [7, 11) is 2.25. The molecule has 0 spiro atoms. The molecule has 0 aromatic rings. The fourth-order valence-corrected chi connectivity index (χ4v) is 11.5. The number of rotatable bonds is 50. The number of alkyl carbamates (subject to hydrolysis) is 3. The Bertz CT molecular complexity index is 3290. The number of ketones is 2. The number of nitrogens with one attached hydrogen (secondary N) is 7. The number of hydrogen-bond donors (Lipinski definition) is 7. The summed E-state index contributed by atoms with van der Waals surface area (Å²) in [5.41, 5.74) is -1.66. The van der Waals surface area contributed by atoms with E-state index in [1.807, 2.05) is 0 Å². The molecule has 112 heavy (non-hydrogen) atoms. The van der Waals surface area contributed by atoms with Gasteiger partial charge >= 0.3 is 48.5 Å². The van der Waals surface area contributed by atoms with Crippen molar-refractivity contribution in [2.24, 2.45) is 10.9 Å². The zero-order valence-corrected chi connectivity index (χ0v) is 66.1. The normalized spacial score (nSPS) is 20.1. The molecule has 4 rings (SSSR count).